The van der Waals surface area contributed by atoms with Gasteiger partial charge in [-0.15, -0.1) is 0 Å². The molecular formula is C21H31NSi. The van der Waals surface area contributed by atoms with Crippen LogP contribution in [0, 0.1) is 6.92 Å². The maximum absolute atomic E-state index is 2.53. The molecule has 2 heteroatoms. The van der Waals surface area contributed by atoms with Crippen molar-refractivity contribution in [3.63, 3.8) is 0 Å². The highest BCUT2D eigenvalue weighted by Gasteiger charge is 2.17. The topological polar surface area (TPSA) is 3.24 Å². The molecule has 0 spiro atoms. The summed E-state index contributed by atoms with van der Waals surface area (Å²) >= 11 is 0. The van der Waals surface area contributed by atoms with Gasteiger partial charge in [0, 0.05) is 17.4 Å². The van der Waals surface area contributed by atoms with Crippen molar-refractivity contribution >= 4 is 26.1 Å². The van der Waals surface area contributed by atoms with Gasteiger partial charge in [0.15, 0.2) is 0 Å². The van der Waals surface area contributed by atoms with Crippen LogP contribution < -0.4 is 10.1 Å². The van der Waals surface area contributed by atoms with E-state index in [-0.39, 0.29) is 9.52 Å². The molecule has 0 fully saturated rings. The Labute approximate surface area is 144 Å². The van der Waals surface area contributed by atoms with Gasteiger partial charge in [-0.2, -0.15) is 0 Å². The van der Waals surface area contributed by atoms with Crippen molar-refractivity contribution in [3.05, 3.63) is 54.1 Å². The van der Waals surface area contributed by atoms with Crippen LogP contribution in [-0.4, -0.2) is 15.6 Å². The summed E-state index contributed by atoms with van der Waals surface area (Å²) in [4.78, 5) is 2.53. The Kier molecular flexibility index (Phi) is 6.91. The van der Waals surface area contributed by atoms with Crippen LogP contribution in [0.1, 0.15) is 45.6 Å². The molecule has 0 aliphatic carbocycles. The number of nitrogens with zero attached hydrogens (tertiary/aromatic N) is 1. The van der Waals surface area contributed by atoms with Crippen molar-refractivity contribution in [2.45, 2.75) is 59.0 Å². The Balaban J connectivity index is 2.31. The lowest BCUT2D eigenvalue weighted by Crippen LogP contribution is -2.32. The zero-order valence-electron chi connectivity index (χ0n) is 15.2. The van der Waals surface area contributed by atoms with Gasteiger partial charge in [-0.25, -0.2) is 0 Å². The lowest BCUT2D eigenvalue weighted by Gasteiger charge is -2.32. The number of hydrogen-bond donors (Lipinski definition) is 0. The summed E-state index contributed by atoms with van der Waals surface area (Å²) in [5.41, 5.74) is 4.13. The summed E-state index contributed by atoms with van der Waals surface area (Å²) in [7, 11) is -0.194. The second-order valence-electron chi connectivity index (χ2n) is 6.69. The third-order valence-corrected chi connectivity index (χ3v) is 6.43. The monoisotopic (exact) mass is 325 g/mol. The third kappa shape index (κ3) is 4.71. The number of unbranched alkanes of at least 4 members (excludes halogenated alkanes) is 2. The zero-order valence-corrected chi connectivity index (χ0v) is 16.6. The maximum atomic E-state index is 2.53. The number of anilines is 2. The third-order valence-electron chi connectivity index (χ3n) is 4.44. The number of para-hydroxylation sites is 2. The minimum atomic E-state index is -0.194. The summed E-state index contributed by atoms with van der Waals surface area (Å²) < 4.78 is 0. The van der Waals surface area contributed by atoms with Crippen LogP contribution in [0.5, 0.6) is 0 Å². The molecule has 0 atom stereocenters. The molecule has 0 heterocycles. The van der Waals surface area contributed by atoms with E-state index in [2.05, 4.69) is 81.1 Å². The quantitative estimate of drug-likeness (QED) is 0.490. The summed E-state index contributed by atoms with van der Waals surface area (Å²) in [6, 6.07) is 19.7. The predicted octanol–water partition coefficient (Wildman–Crippen LogP) is 4.94. The molecule has 2 aromatic carbocycles. The van der Waals surface area contributed by atoms with Crippen molar-refractivity contribution in [2.75, 3.05) is 4.90 Å². The van der Waals surface area contributed by atoms with E-state index >= 15 is 0 Å². The molecule has 0 aliphatic rings. The molecule has 0 bridgehead atoms. The molecule has 1 nitrogen and oxygen atoms in total. The van der Waals surface area contributed by atoms with Gasteiger partial charge in [-0.1, -0.05) is 68.6 Å². The van der Waals surface area contributed by atoms with Gasteiger partial charge in [-0.3, -0.25) is 0 Å². The van der Waals surface area contributed by atoms with E-state index in [4.69, 9.17) is 0 Å². The Bertz CT molecular complexity index is 606. The van der Waals surface area contributed by atoms with Gasteiger partial charge >= 0.3 is 0 Å². The normalized spacial score (nSPS) is 11.5. The van der Waals surface area contributed by atoms with Crippen LogP contribution in [-0.2, 0) is 0 Å². The van der Waals surface area contributed by atoms with E-state index in [1.54, 1.807) is 5.19 Å². The van der Waals surface area contributed by atoms with Crippen LogP contribution in [0.2, 0.25) is 6.04 Å². The first-order valence-electron chi connectivity index (χ1n) is 9.08. The van der Waals surface area contributed by atoms with Crippen molar-refractivity contribution < 1.29 is 0 Å². The van der Waals surface area contributed by atoms with E-state index in [0.717, 1.165) is 0 Å². The molecule has 0 saturated heterocycles. The second kappa shape index (κ2) is 8.93. The zero-order chi connectivity index (χ0) is 16.7. The lowest BCUT2D eigenvalue weighted by atomic mass is 10.1. The fourth-order valence-corrected chi connectivity index (χ4v) is 5.05. The first-order valence-corrected chi connectivity index (χ1v) is 10.8. The molecule has 0 N–H and O–H groups in total. The number of benzene rings is 2. The molecule has 2 rings (SSSR count). The maximum Gasteiger partial charge on any atom is 0.0575 e. The van der Waals surface area contributed by atoms with E-state index in [9.17, 15) is 0 Å². The largest absolute Gasteiger partial charge is 0.339 e. The molecule has 0 aliphatic heterocycles. The smallest absolute Gasteiger partial charge is 0.0575 e. The SMILES string of the molecule is CCCCC[SiH2]c1ccccc1N(c1ccccc1C)C(C)C. The summed E-state index contributed by atoms with van der Waals surface area (Å²) in [5, 5.41) is 1.61. The van der Waals surface area contributed by atoms with E-state index in [1.165, 1.54) is 42.2 Å². The Hall–Kier alpha value is -1.54. The van der Waals surface area contributed by atoms with Crippen molar-refractivity contribution in [2.24, 2.45) is 0 Å². The summed E-state index contributed by atoms with van der Waals surface area (Å²) in [6.07, 6.45) is 4.08. The molecule has 2 aromatic rings. The van der Waals surface area contributed by atoms with E-state index in [1.807, 2.05) is 0 Å². The molecule has 0 aromatic heterocycles. The van der Waals surface area contributed by atoms with Crippen LogP contribution >= 0.6 is 0 Å². The minimum Gasteiger partial charge on any atom is -0.339 e. The van der Waals surface area contributed by atoms with Crippen molar-refractivity contribution in [1.29, 1.82) is 0 Å². The molecular weight excluding hydrogens is 294 g/mol. The fraction of sp³-hybridized carbons (Fsp3) is 0.429. The minimum absolute atomic E-state index is 0.194. The van der Waals surface area contributed by atoms with Gasteiger partial charge < -0.3 is 4.90 Å². The van der Waals surface area contributed by atoms with Crippen LogP contribution in [0.3, 0.4) is 0 Å². The van der Waals surface area contributed by atoms with E-state index in [0.29, 0.717) is 6.04 Å². The highest BCUT2D eigenvalue weighted by Crippen LogP contribution is 2.29. The molecule has 0 saturated carbocycles. The molecule has 0 amide bonds. The summed E-state index contributed by atoms with van der Waals surface area (Å²) in [6.45, 7) is 9.09. The van der Waals surface area contributed by atoms with Crippen LogP contribution in [0.15, 0.2) is 48.5 Å². The molecule has 23 heavy (non-hydrogen) atoms. The van der Waals surface area contributed by atoms with Crippen LogP contribution in [0.4, 0.5) is 11.4 Å². The average Bonchev–Trinajstić information content (AvgIpc) is 2.54. The van der Waals surface area contributed by atoms with Gasteiger partial charge in [-0.05, 0) is 43.7 Å². The van der Waals surface area contributed by atoms with Crippen LogP contribution in [0.25, 0.3) is 0 Å². The van der Waals surface area contributed by atoms with Gasteiger partial charge in [0.25, 0.3) is 0 Å². The number of rotatable bonds is 8. The standard InChI is InChI=1S/C21H31NSi/c1-5-6-11-16-23-21-15-10-9-14-20(21)22(17(2)3)19-13-8-7-12-18(19)4/h7-10,12-15,17H,5-6,11,16,23H2,1-4H3. The average molecular weight is 326 g/mol. The lowest BCUT2D eigenvalue weighted by molar-refractivity contribution is 0.769. The Morgan fingerprint density at radius 2 is 1.57 bits per heavy atom. The summed E-state index contributed by atoms with van der Waals surface area (Å²) in [5.74, 6) is 0. The highest BCUT2D eigenvalue weighted by molar-refractivity contribution is 6.55. The molecule has 124 valence electrons. The van der Waals surface area contributed by atoms with Gasteiger partial charge in [0.2, 0.25) is 0 Å². The first kappa shape index (κ1) is 17.8. The van der Waals surface area contributed by atoms with Gasteiger partial charge in [0.1, 0.15) is 0 Å². The van der Waals surface area contributed by atoms with E-state index < -0.39 is 0 Å². The second-order valence-corrected chi connectivity index (χ2v) is 8.66. The molecule has 0 unspecified atom stereocenters. The Morgan fingerprint density at radius 3 is 2.22 bits per heavy atom. The van der Waals surface area contributed by atoms with Gasteiger partial charge in [0.05, 0.1) is 9.52 Å². The molecule has 0 radical (unpaired) electrons. The fourth-order valence-electron chi connectivity index (χ4n) is 3.22. The highest BCUT2D eigenvalue weighted by atomic mass is 28.2. The first-order chi connectivity index (χ1) is 11.1. The van der Waals surface area contributed by atoms with Crippen molar-refractivity contribution in [3.8, 4) is 0 Å². The van der Waals surface area contributed by atoms with Crippen molar-refractivity contribution in [1.82, 2.24) is 0 Å². The predicted molar refractivity (Wildman–Crippen MR) is 107 cm³/mol. The number of aryl methyl sites for hydroxylation is 1. The Morgan fingerprint density at radius 1 is 0.913 bits per heavy atom. The number of hydrogen-bond acceptors (Lipinski definition) is 1.